The summed E-state index contributed by atoms with van der Waals surface area (Å²) in [6.45, 7) is 5.64. The summed E-state index contributed by atoms with van der Waals surface area (Å²) in [4.78, 5) is 22.4. The van der Waals surface area contributed by atoms with E-state index < -0.39 is 5.97 Å². The fraction of sp³-hybridized carbons (Fsp3) is 0.545. The first-order chi connectivity index (χ1) is 7.51. The van der Waals surface area contributed by atoms with Crippen LogP contribution < -0.4 is 5.32 Å². The number of hydrogen-bond donors (Lipinski definition) is 1. The monoisotopic (exact) mass is 224 g/mol. The van der Waals surface area contributed by atoms with Gasteiger partial charge in [-0.3, -0.25) is 4.79 Å². The van der Waals surface area contributed by atoms with Gasteiger partial charge in [0.1, 0.15) is 6.07 Å². The van der Waals surface area contributed by atoms with Crippen molar-refractivity contribution in [3.05, 3.63) is 11.8 Å². The Kier molecular flexibility index (Phi) is 6.61. The first kappa shape index (κ1) is 14.2. The number of nitrogens with zero attached hydrogens (tertiary/aromatic N) is 1. The van der Waals surface area contributed by atoms with Crippen LogP contribution in [0.15, 0.2) is 11.8 Å². The Morgan fingerprint density at radius 3 is 2.56 bits per heavy atom. The molecule has 0 aromatic carbocycles. The fourth-order valence-corrected chi connectivity index (χ4v) is 0.928. The Morgan fingerprint density at radius 2 is 2.12 bits per heavy atom. The summed E-state index contributed by atoms with van der Waals surface area (Å²) in [5, 5.41) is 11.0. The number of nitriles is 1. The Balaban J connectivity index is 4.34. The molecule has 0 bridgehead atoms. The van der Waals surface area contributed by atoms with Gasteiger partial charge in [-0.1, -0.05) is 13.8 Å². The van der Waals surface area contributed by atoms with E-state index in [4.69, 9.17) is 5.26 Å². The minimum absolute atomic E-state index is 0.192. The van der Waals surface area contributed by atoms with Gasteiger partial charge in [-0.2, -0.15) is 5.26 Å². The molecule has 0 saturated heterocycles. The zero-order chi connectivity index (χ0) is 12.6. The molecule has 0 saturated carbocycles. The average Bonchev–Trinajstić information content (AvgIpc) is 2.17. The molecule has 0 aliphatic heterocycles. The molecule has 1 amide bonds. The summed E-state index contributed by atoms with van der Waals surface area (Å²) in [5.74, 6) is -0.733. The van der Waals surface area contributed by atoms with Gasteiger partial charge in [0.05, 0.1) is 6.61 Å². The van der Waals surface area contributed by atoms with Crippen LogP contribution in [-0.4, -0.2) is 18.5 Å². The molecule has 5 nitrogen and oxygen atoms in total. The van der Waals surface area contributed by atoms with Crippen LogP contribution in [0.25, 0.3) is 0 Å². The molecule has 88 valence electrons. The lowest BCUT2D eigenvalue weighted by atomic mass is 10.1. The van der Waals surface area contributed by atoms with Crippen molar-refractivity contribution >= 4 is 11.9 Å². The van der Waals surface area contributed by atoms with Gasteiger partial charge in [0.15, 0.2) is 5.57 Å². The second kappa shape index (κ2) is 7.46. The van der Waals surface area contributed by atoms with E-state index in [1.54, 1.807) is 13.0 Å². The normalized spacial score (nSPS) is 10.8. The molecular formula is C11H16N2O3. The maximum atomic E-state index is 11.2. The third kappa shape index (κ3) is 5.81. The largest absolute Gasteiger partial charge is 0.462 e. The van der Waals surface area contributed by atoms with Crippen molar-refractivity contribution in [2.45, 2.75) is 27.2 Å². The molecule has 0 spiro atoms. The van der Waals surface area contributed by atoms with Gasteiger partial charge < -0.3 is 10.1 Å². The number of carbonyl (C=O) groups excluding carboxylic acids is 2. The van der Waals surface area contributed by atoms with E-state index in [1.807, 2.05) is 13.8 Å². The van der Waals surface area contributed by atoms with Gasteiger partial charge >= 0.3 is 5.97 Å². The van der Waals surface area contributed by atoms with Crippen molar-refractivity contribution in [3.63, 3.8) is 0 Å². The number of carbonyl (C=O) groups is 2. The van der Waals surface area contributed by atoms with Crippen molar-refractivity contribution in [1.29, 1.82) is 5.26 Å². The molecule has 0 radical (unpaired) electrons. The predicted molar refractivity (Wildman–Crippen MR) is 57.9 cm³/mol. The molecule has 0 aromatic rings. The molecule has 0 unspecified atom stereocenters. The molecule has 5 heteroatoms. The van der Waals surface area contributed by atoms with Crippen molar-refractivity contribution in [2.24, 2.45) is 5.92 Å². The Morgan fingerprint density at radius 1 is 1.50 bits per heavy atom. The number of esters is 1. The molecule has 16 heavy (non-hydrogen) atoms. The highest BCUT2D eigenvalue weighted by Crippen LogP contribution is 1.99. The summed E-state index contributed by atoms with van der Waals surface area (Å²) in [6.07, 6.45) is 1.43. The highest BCUT2D eigenvalue weighted by Gasteiger charge is 2.10. The standard InChI is InChI=1S/C11H16N2O3/c1-4-16-11(15)9(6-12)7-13-10(14)5-8(2)3/h7-8H,4-5H2,1-3H3,(H,13,14)/b9-7+. The summed E-state index contributed by atoms with van der Waals surface area (Å²) in [6, 6.07) is 1.67. The zero-order valence-electron chi connectivity index (χ0n) is 9.74. The highest BCUT2D eigenvalue weighted by atomic mass is 16.5. The number of amides is 1. The summed E-state index contributed by atoms with van der Waals surface area (Å²) in [7, 11) is 0. The first-order valence-electron chi connectivity index (χ1n) is 5.08. The number of nitrogens with one attached hydrogen (secondary N) is 1. The Labute approximate surface area is 95.1 Å². The van der Waals surface area contributed by atoms with Crippen LogP contribution in [0.1, 0.15) is 27.2 Å². The topological polar surface area (TPSA) is 79.2 Å². The smallest absolute Gasteiger partial charge is 0.350 e. The van der Waals surface area contributed by atoms with Crippen LogP contribution in [0.2, 0.25) is 0 Å². The van der Waals surface area contributed by atoms with Crippen LogP contribution in [0.5, 0.6) is 0 Å². The molecule has 0 fully saturated rings. The molecule has 0 aliphatic rings. The minimum atomic E-state index is -0.727. The third-order valence-electron chi connectivity index (χ3n) is 1.59. The van der Waals surface area contributed by atoms with E-state index in [1.165, 1.54) is 0 Å². The summed E-state index contributed by atoms with van der Waals surface area (Å²) < 4.78 is 4.63. The molecule has 0 aliphatic carbocycles. The number of hydrogen-bond acceptors (Lipinski definition) is 4. The van der Waals surface area contributed by atoms with Crippen LogP contribution >= 0.6 is 0 Å². The maximum Gasteiger partial charge on any atom is 0.350 e. The first-order valence-corrected chi connectivity index (χ1v) is 5.08. The molecule has 0 atom stereocenters. The van der Waals surface area contributed by atoms with Crippen molar-refractivity contribution in [3.8, 4) is 6.07 Å². The van der Waals surface area contributed by atoms with E-state index in [2.05, 4.69) is 10.1 Å². The van der Waals surface area contributed by atoms with Gasteiger partial charge in [-0.05, 0) is 12.8 Å². The zero-order valence-corrected chi connectivity index (χ0v) is 9.74. The lowest BCUT2D eigenvalue weighted by Crippen LogP contribution is -2.20. The van der Waals surface area contributed by atoms with Crippen LogP contribution in [-0.2, 0) is 14.3 Å². The second-order valence-electron chi connectivity index (χ2n) is 3.56. The Bertz CT molecular complexity index is 327. The average molecular weight is 224 g/mol. The van der Waals surface area contributed by atoms with E-state index in [9.17, 15) is 9.59 Å². The summed E-state index contributed by atoms with van der Waals surface area (Å²) in [5.41, 5.74) is -0.209. The lowest BCUT2D eigenvalue weighted by Gasteiger charge is -2.03. The second-order valence-corrected chi connectivity index (χ2v) is 3.56. The van der Waals surface area contributed by atoms with Crippen molar-refractivity contribution < 1.29 is 14.3 Å². The van der Waals surface area contributed by atoms with Gasteiger partial charge in [0.2, 0.25) is 5.91 Å². The number of rotatable bonds is 5. The molecule has 0 aromatic heterocycles. The third-order valence-corrected chi connectivity index (χ3v) is 1.59. The van der Waals surface area contributed by atoms with E-state index in [-0.39, 0.29) is 24.0 Å². The van der Waals surface area contributed by atoms with Crippen LogP contribution in [0, 0.1) is 17.2 Å². The highest BCUT2D eigenvalue weighted by molar-refractivity contribution is 5.93. The van der Waals surface area contributed by atoms with E-state index in [0.29, 0.717) is 6.42 Å². The quantitative estimate of drug-likeness (QED) is 0.431. The van der Waals surface area contributed by atoms with Gasteiger partial charge in [0, 0.05) is 12.6 Å². The molecule has 0 heterocycles. The minimum Gasteiger partial charge on any atom is -0.462 e. The maximum absolute atomic E-state index is 11.2. The molecule has 0 rings (SSSR count). The predicted octanol–water partition coefficient (Wildman–Crippen LogP) is 1.12. The molecule has 1 N–H and O–H groups in total. The lowest BCUT2D eigenvalue weighted by molar-refractivity contribution is -0.138. The van der Waals surface area contributed by atoms with E-state index in [0.717, 1.165) is 6.20 Å². The summed E-state index contributed by atoms with van der Waals surface area (Å²) >= 11 is 0. The van der Waals surface area contributed by atoms with E-state index >= 15 is 0 Å². The van der Waals surface area contributed by atoms with Crippen LogP contribution in [0.3, 0.4) is 0 Å². The van der Waals surface area contributed by atoms with Gasteiger partial charge in [-0.25, -0.2) is 4.79 Å². The Hall–Kier alpha value is -1.83. The van der Waals surface area contributed by atoms with Crippen molar-refractivity contribution in [2.75, 3.05) is 6.61 Å². The fourth-order valence-electron chi connectivity index (χ4n) is 0.928. The van der Waals surface area contributed by atoms with Crippen molar-refractivity contribution in [1.82, 2.24) is 5.32 Å². The van der Waals surface area contributed by atoms with Crippen LogP contribution in [0.4, 0.5) is 0 Å². The number of ether oxygens (including phenoxy) is 1. The SMILES string of the molecule is CCOC(=O)/C(C#N)=C/NC(=O)CC(C)C. The molecular weight excluding hydrogens is 208 g/mol. The van der Waals surface area contributed by atoms with Gasteiger partial charge in [0.25, 0.3) is 0 Å². The van der Waals surface area contributed by atoms with Gasteiger partial charge in [-0.15, -0.1) is 0 Å².